The van der Waals surface area contributed by atoms with Gasteiger partial charge >= 0.3 is 0 Å². The number of benzene rings is 2. The van der Waals surface area contributed by atoms with Gasteiger partial charge in [0, 0.05) is 12.2 Å². The molecule has 31 heavy (non-hydrogen) atoms. The van der Waals surface area contributed by atoms with Crippen LogP contribution in [0.2, 0.25) is 0 Å². The van der Waals surface area contributed by atoms with Crippen LogP contribution in [-0.4, -0.2) is 28.9 Å². The van der Waals surface area contributed by atoms with Crippen molar-refractivity contribution in [1.82, 2.24) is 9.55 Å². The van der Waals surface area contributed by atoms with Crippen LogP contribution in [0.15, 0.2) is 64.5 Å². The normalized spacial score (nSPS) is 15.9. The minimum atomic E-state index is 0.0770. The first kappa shape index (κ1) is 20.5. The molecule has 2 aromatic carbocycles. The summed E-state index contributed by atoms with van der Waals surface area (Å²) in [6.07, 6.45) is 1.90. The second-order valence-electron chi connectivity index (χ2n) is 8.27. The summed E-state index contributed by atoms with van der Waals surface area (Å²) in [5.41, 5.74) is 4.68. The van der Waals surface area contributed by atoms with Crippen LogP contribution >= 0.6 is 23.1 Å². The molecule has 0 aliphatic carbocycles. The predicted octanol–water partition coefficient (Wildman–Crippen LogP) is 3.66. The van der Waals surface area contributed by atoms with Gasteiger partial charge in [0.25, 0.3) is 5.56 Å². The van der Waals surface area contributed by atoms with Crippen LogP contribution in [0.5, 0.6) is 0 Å². The Morgan fingerprint density at radius 3 is 2.68 bits per heavy atom. The lowest BCUT2D eigenvalue weighted by molar-refractivity contribution is -0.895. The average Bonchev–Trinajstić information content (AvgIpc) is 3.13. The number of rotatable bonds is 5. The molecule has 4 nitrogen and oxygen atoms in total. The number of aromatic nitrogens is 2. The van der Waals surface area contributed by atoms with Gasteiger partial charge in [-0.25, -0.2) is 4.98 Å². The van der Waals surface area contributed by atoms with Crippen molar-refractivity contribution < 1.29 is 4.90 Å². The number of nitrogens with one attached hydrogen (secondary N) is 1. The van der Waals surface area contributed by atoms with E-state index in [1.165, 1.54) is 26.5 Å². The second-order valence-corrected chi connectivity index (χ2v) is 10.4. The van der Waals surface area contributed by atoms with E-state index in [-0.39, 0.29) is 5.56 Å². The molecule has 158 valence electrons. The fraction of sp³-hybridized carbons (Fsp3) is 0.280. The van der Waals surface area contributed by atoms with Crippen molar-refractivity contribution in [1.29, 1.82) is 0 Å². The monoisotopic (exact) mass is 448 g/mol. The van der Waals surface area contributed by atoms with E-state index in [0.717, 1.165) is 52.7 Å². The Balaban J connectivity index is 1.59. The van der Waals surface area contributed by atoms with Gasteiger partial charge in [0.2, 0.25) is 0 Å². The highest BCUT2D eigenvalue weighted by Crippen LogP contribution is 2.32. The highest BCUT2D eigenvalue weighted by Gasteiger charge is 2.26. The van der Waals surface area contributed by atoms with Crippen LogP contribution in [-0.2, 0) is 19.4 Å². The largest absolute Gasteiger partial charge is 0.333 e. The molecule has 1 aliphatic rings. The van der Waals surface area contributed by atoms with Crippen molar-refractivity contribution in [3.63, 3.8) is 0 Å². The molecule has 0 spiro atoms. The Morgan fingerprint density at radius 1 is 1.13 bits per heavy atom. The van der Waals surface area contributed by atoms with Crippen LogP contribution in [0.25, 0.3) is 15.9 Å². The third kappa shape index (κ3) is 4.07. The third-order valence-corrected chi connectivity index (χ3v) is 7.96. The van der Waals surface area contributed by atoms with Gasteiger partial charge in [-0.15, -0.1) is 11.3 Å². The Bertz CT molecular complexity index is 1280. The van der Waals surface area contributed by atoms with Crippen molar-refractivity contribution in [2.24, 2.45) is 0 Å². The molecule has 1 unspecified atom stereocenters. The first-order valence-electron chi connectivity index (χ1n) is 10.7. The summed E-state index contributed by atoms with van der Waals surface area (Å²) >= 11 is 3.38. The SMILES string of the molecule is Cc1ccc(-n2c(SCCc3ccccc3)nc3sc4c(c3c2=O)CC[NH+](C)C4)cc1. The molecule has 1 aliphatic heterocycles. The summed E-state index contributed by atoms with van der Waals surface area (Å²) in [6, 6.07) is 18.7. The van der Waals surface area contributed by atoms with Gasteiger partial charge in [0.1, 0.15) is 11.4 Å². The molecule has 1 N–H and O–H groups in total. The number of thiophene rings is 1. The highest BCUT2D eigenvalue weighted by molar-refractivity contribution is 7.99. The molecule has 0 bridgehead atoms. The summed E-state index contributed by atoms with van der Waals surface area (Å²) in [4.78, 5) is 22.5. The van der Waals surface area contributed by atoms with Gasteiger partial charge in [-0.2, -0.15) is 0 Å². The van der Waals surface area contributed by atoms with Crippen LogP contribution in [0.4, 0.5) is 0 Å². The van der Waals surface area contributed by atoms with E-state index in [1.54, 1.807) is 23.1 Å². The molecule has 4 aromatic rings. The van der Waals surface area contributed by atoms with E-state index in [4.69, 9.17) is 4.98 Å². The van der Waals surface area contributed by atoms with E-state index >= 15 is 0 Å². The maximum atomic E-state index is 13.8. The first-order chi connectivity index (χ1) is 15.1. The van der Waals surface area contributed by atoms with Gasteiger partial charge in [-0.1, -0.05) is 59.8 Å². The second kappa shape index (κ2) is 8.61. The number of fused-ring (bicyclic) bond motifs is 3. The summed E-state index contributed by atoms with van der Waals surface area (Å²) in [5.74, 6) is 0.881. The van der Waals surface area contributed by atoms with E-state index < -0.39 is 0 Å². The van der Waals surface area contributed by atoms with Crippen molar-refractivity contribution >= 4 is 33.3 Å². The molecule has 0 amide bonds. The number of thioether (sulfide) groups is 1. The predicted molar refractivity (Wildman–Crippen MR) is 130 cm³/mol. The summed E-state index contributed by atoms with van der Waals surface area (Å²) in [5, 5.41) is 1.62. The molecule has 6 heteroatoms. The molecule has 5 rings (SSSR count). The maximum absolute atomic E-state index is 13.8. The maximum Gasteiger partial charge on any atom is 0.267 e. The van der Waals surface area contributed by atoms with Gasteiger partial charge in [0.05, 0.1) is 29.5 Å². The van der Waals surface area contributed by atoms with Gasteiger partial charge < -0.3 is 4.90 Å². The number of hydrogen-bond acceptors (Lipinski definition) is 4. The standard InChI is InChI=1S/C25H25N3OS2/c1-17-8-10-19(11-9-17)28-24(29)22-20-12-14-27(2)16-21(20)31-23(22)26-25(28)30-15-13-18-6-4-3-5-7-18/h3-11H,12-16H2,1-2H3/p+1. The average molecular weight is 449 g/mol. The van der Waals surface area contributed by atoms with Crippen LogP contribution in [0, 0.1) is 6.92 Å². The first-order valence-corrected chi connectivity index (χ1v) is 12.5. The smallest absolute Gasteiger partial charge is 0.267 e. The molecule has 2 aromatic heterocycles. The van der Waals surface area contributed by atoms with Crippen molar-refractivity contribution in [2.45, 2.75) is 31.5 Å². The molecule has 0 saturated carbocycles. The molecular formula is C25H26N3OS2+. The Hall–Kier alpha value is -2.41. The minimum Gasteiger partial charge on any atom is -0.333 e. The quantitative estimate of drug-likeness (QED) is 0.374. The molecule has 0 saturated heterocycles. The summed E-state index contributed by atoms with van der Waals surface area (Å²) in [6.45, 7) is 4.12. The van der Waals surface area contributed by atoms with E-state index in [0.29, 0.717) is 0 Å². The number of aryl methyl sites for hydroxylation is 2. The Kier molecular flexibility index (Phi) is 5.69. The molecule has 1 atom stereocenters. The van der Waals surface area contributed by atoms with Gasteiger partial charge in [0.15, 0.2) is 5.16 Å². The molecule has 0 radical (unpaired) electrons. The third-order valence-electron chi connectivity index (χ3n) is 5.90. The lowest BCUT2D eigenvalue weighted by Gasteiger charge is -2.19. The van der Waals surface area contributed by atoms with Crippen LogP contribution < -0.4 is 10.5 Å². The van der Waals surface area contributed by atoms with Crippen molar-refractivity contribution in [3.8, 4) is 5.69 Å². The van der Waals surface area contributed by atoms with E-state index in [9.17, 15) is 4.79 Å². The lowest BCUT2D eigenvalue weighted by Crippen LogP contribution is -3.08. The molecule has 3 heterocycles. The molecule has 0 fully saturated rings. The number of hydrogen-bond donors (Lipinski definition) is 1. The van der Waals surface area contributed by atoms with Crippen molar-refractivity contribution in [2.75, 3.05) is 19.3 Å². The fourth-order valence-electron chi connectivity index (χ4n) is 4.16. The van der Waals surface area contributed by atoms with Crippen molar-refractivity contribution in [3.05, 3.63) is 86.5 Å². The fourth-order valence-corrected chi connectivity index (χ4v) is 6.54. The van der Waals surface area contributed by atoms with Crippen LogP contribution in [0.1, 0.15) is 21.6 Å². The zero-order chi connectivity index (χ0) is 21.4. The minimum absolute atomic E-state index is 0.0770. The van der Waals surface area contributed by atoms with Gasteiger partial charge in [-0.3, -0.25) is 9.36 Å². The zero-order valence-electron chi connectivity index (χ0n) is 17.9. The summed E-state index contributed by atoms with van der Waals surface area (Å²) in [7, 11) is 2.22. The van der Waals surface area contributed by atoms with E-state index in [1.807, 2.05) is 22.8 Å². The zero-order valence-corrected chi connectivity index (χ0v) is 19.5. The highest BCUT2D eigenvalue weighted by atomic mass is 32.2. The Morgan fingerprint density at radius 2 is 1.90 bits per heavy atom. The van der Waals surface area contributed by atoms with E-state index in [2.05, 4.69) is 50.4 Å². The Labute approximate surface area is 190 Å². The van der Waals surface area contributed by atoms with Gasteiger partial charge in [-0.05, 0) is 36.6 Å². The van der Waals surface area contributed by atoms with Crippen LogP contribution in [0.3, 0.4) is 0 Å². The number of nitrogens with zero attached hydrogens (tertiary/aromatic N) is 2. The lowest BCUT2D eigenvalue weighted by atomic mass is 10.1. The number of likely N-dealkylation sites (N-methyl/N-ethyl adjacent to an activating group) is 1. The topological polar surface area (TPSA) is 39.3 Å². The number of quaternary nitrogens is 1. The summed E-state index contributed by atoms with van der Waals surface area (Å²) < 4.78 is 1.83. The molecular weight excluding hydrogens is 422 g/mol.